The molecule has 1 aliphatic rings. The number of imidazole rings is 1. The molecule has 126 valence electrons. The van der Waals surface area contributed by atoms with Crippen molar-refractivity contribution in [2.75, 3.05) is 19.6 Å². The van der Waals surface area contributed by atoms with E-state index in [4.69, 9.17) is 0 Å². The largest absolute Gasteiger partial charge is 0.337 e. The maximum Gasteiger partial charge on any atom is 0.243 e. The Balaban J connectivity index is 1.77. The molecule has 4 rings (SSSR count). The van der Waals surface area contributed by atoms with Crippen LogP contribution in [-0.4, -0.2) is 46.9 Å². The van der Waals surface area contributed by atoms with Gasteiger partial charge in [-0.2, -0.15) is 4.31 Å². The average molecular weight is 363 g/mol. The van der Waals surface area contributed by atoms with Gasteiger partial charge >= 0.3 is 0 Å². The van der Waals surface area contributed by atoms with Crippen molar-refractivity contribution in [3.8, 4) is 0 Å². The number of fused-ring (bicyclic) bond motifs is 1. The third-order valence-electron chi connectivity index (χ3n) is 4.26. The Labute approximate surface area is 144 Å². The first kappa shape index (κ1) is 15.7. The first-order chi connectivity index (χ1) is 11.6. The van der Waals surface area contributed by atoms with Crippen molar-refractivity contribution in [3.63, 3.8) is 0 Å². The second kappa shape index (κ2) is 5.92. The zero-order chi connectivity index (χ0) is 16.7. The summed E-state index contributed by atoms with van der Waals surface area (Å²) in [5.41, 5.74) is 2.54. The topological polar surface area (TPSA) is 80.1 Å². The smallest absolute Gasteiger partial charge is 0.243 e. The molecule has 9 heteroatoms. The van der Waals surface area contributed by atoms with Crippen LogP contribution in [0, 0.1) is 0 Å². The molecule has 1 aliphatic heterocycles. The SMILES string of the molecule is Cn1ccnc1C1CNCCN1S(=O)(=O)c1ccc2ncsc2c1. The first-order valence-corrected chi connectivity index (χ1v) is 9.92. The number of hydrogen-bond acceptors (Lipinski definition) is 6. The van der Waals surface area contributed by atoms with Crippen LogP contribution in [0.4, 0.5) is 0 Å². The molecule has 0 spiro atoms. The van der Waals surface area contributed by atoms with E-state index < -0.39 is 10.0 Å². The lowest BCUT2D eigenvalue weighted by molar-refractivity contribution is 0.258. The molecule has 1 N–H and O–H groups in total. The van der Waals surface area contributed by atoms with E-state index in [0.29, 0.717) is 24.5 Å². The number of rotatable bonds is 3. The lowest BCUT2D eigenvalue weighted by atomic mass is 10.2. The summed E-state index contributed by atoms with van der Waals surface area (Å²) >= 11 is 1.44. The quantitative estimate of drug-likeness (QED) is 0.760. The fourth-order valence-corrected chi connectivity index (χ4v) is 5.43. The maximum absolute atomic E-state index is 13.2. The summed E-state index contributed by atoms with van der Waals surface area (Å²) in [6, 6.07) is 4.78. The number of piperazine rings is 1. The zero-order valence-electron chi connectivity index (χ0n) is 13.1. The molecular weight excluding hydrogens is 346 g/mol. The van der Waals surface area contributed by atoms with E-state index in [1.54, 1.807) is 34.2 Å². The summed E-state index contributed by atoms with van der Waals surface area (Å²) in [5.74, 6) is 0.740. The Hall–Kier alpha value is -1.81. The Morgan fingerprint density at radius 1 is 1.33 bits per heavy atom. The van der Waals surface area contributed by atoms with Gasteiger partial charge in [-0.25, -0.2) is 18.4 Å². The fraction of sp³-hybridized carbons (Fsp3) is 0.333. The molecule has 1 aromatic carbocycles. The minimum Gasteiger partial charge on any atom is -0.337 e. The second-order valence-electron chi connectivity index (χ2n) is 5.71. The van der Waals surface area contributed by atoms with E-state index in [-0.39, 0.29) is 6.04 Å². The highest BCUT2D eigenvalue weighted by atomic mass is 32.2. The van der Waals surface area contributed by atoms with Gasteiger partial charge in [-0.3, -0.25) is 0 Å². The molecule has 1 unspecified atom stereocenters. The van der Waals surface area contributed by atoms with Crippen LogP contribution in [0.2, 0.25) is 0 Å². The Kier molecular flexibility index (Phi) is 3.87. The van der Waals surface area contributed by atoms with E-state index in [9.17, 15) is 8.42 Å². The number of sulfonamides is 1. The summed E-state index contributed by atoms with van der Waals surface area (Å²) in [4.78, 5) is 8.86. The molecule has 2 aromatic heterocycles. The normalized spacial score (nSPS) is 19.8. The van der Waals surface area contributed by atoms with Crippen molar-refractivity contribution in [2.45, 2.75) is 10.9 Å². The highest BCUT2D eigenvalue weighted by molar-refractivity contribution is 7.89. The molecule has 1 saturated heterocycles. The highest BCUT2D eigenvalue weighted by Gasteiger charge is 2.36. The van der Waals surface area contributed by atoms with Gasteiger partial charge in [-0.15, -0.1) is 11.3 Å². The van der Waals surface area contributed by atoms with E-state index in [1.165, 1.54) is 11.3 Å². The number of thiazole rings is 1. The Bertz CT molecular complexity index is 979. The van der Waals surface area contributed by atoms with Gasteiger partial charge in [0.1, 0.15) is 5.82 Å². The van der Waals surface area contributed by atoms with Gasteiger partial charge < -0.3 is 9.88 Å². The van der Waals surface area contributed by atoms with Crippen LogP contribution in [-0.2, 0) is 17.1 Å². The third-order valence-corrected chi connectivity index (χ3v) is 6.96. The van der Waals surface area contributed by atoms with E-state index in [0.717, 1.165) is 16.0 Å². The van der Waals surface area contributed by atoms with Gasteiger partial charge in [-0.05, 0) is 18.2 Å². The van der Waals surface area contributed by atoms with Crippen molar-refractivity contribution >= 4 is 31.6 Å². The van der Waals surface area contributed by atoms with Crippen LogP contribution >= 0.6 is 11.3 Å². The van der Waals surface area contributed by atoms with Gasteiger partial charge in [-0.1, -0.05) is 0 Å². The molecule has 1 fully saturated rings. The minimum atomic E-state index is -3.60. The third kappa shape index (κ3) is 2.53. The van der Waals surface area contributed by atoms with Gasteiger partial charge in [0.05, 0.1) is 26.7 Å². The number of benzene rings is 1. The number of hydrogen-bond donors (Lipinski definition) is 1. The molecule has 0 amide bonds. The van der Waals surface area contributed by atoms with Crippen molar-refractivity contribution < 1.29 is 8.42 Å². The molecular formula is C15H17N5O2S2. The monoisotopic (exact) mass is 363 g/mol. The molecule has 24 heavy (non-hydrogen) atoms. The summed E-state index contributed by atoms with van der Waals surface area (Å²) in [5, 5.41) is 3.26. The van der Waals surface area contributed by atoms with Gasteiger partial charge in [0.25, 0.3) is 0 Å². The summed E-state index contributed by atoms with van der Waals surface area (Å²) in [6.07, 6.45) is 3.52. The maximum atomic E-state index is 13.2. The molecule has 0 radical (unpaired) electrons. The molecule has 7 nitrogen and oxygen atoms in total. The predicted octanol–water partition coefficient (Wildman–Crippen LogP) is 1.37. The zero-order valence-corrected chi connectivity index (χ0v) is 14.7. The van der Waals surface area contributed by atoms with Crippen LogP contribution in [0.1, 0.15) is 11.9 Å². The Morgan fingerprint density at radius 3 is 3.00 bits per heavy atom. The molecule has 0 bridgehead atoms. The van der Waals surface area contributed by atoms with E-state index in [1.807, 2.05) is 17.8 Å². The molecule has 3 heterocycles. The summed E-state index contributed by atoms with van der Waals surface area (Å²) < 4.78 is 30.7. The van der Waals surface area contributed by atoms with Crippen LogP contribution in [0.3, 0.4) is 0 Å². The highest BCUT2D eigenvalue weighted by Crippen LogP contribution is 2.30. The van der Waals surface area contributed by atoms with E-state index >= 15 is 0 Å². The van der Waals surface area contributed by atoms with Crippen molar-refractivity contribution in [3.05, 3.63) is 41.9 Å². The number of nitrogens with one attached hydrogen (secondary N) is 1. The van der Waals surface area contributed by atoms with Crippen molar-refractivity contribution in [2.24, 2.45) is 7.05 Å². The standard InChI is InChI=1S/C15H17N5O2S2/c1-19-6-5-17-15(19)13-9-16-4-7-20(13)24(21,22)11-2-3-12-14(8-11)23-10-18-12/h2-3,5-6,8,10,13,16H,4,7,9H2,1H3. The van der Waals surface area contributed by atoms with Gasteiger partial charge in [0.15, 0.2) is 0 Å². The van der Waals surface area contributed by atoms with Crippen LogP contribution in [0.15, 0.2) is 41.0 Å². The molecule has 0 aliphatic carbocycles. The van der Waals surface area contributed by atoms with E-state index in [2.05, 4.69) is 15.3 Å². The van der Waals surface area contributed by atoms with Crippen molar-refractivity contribution in [1.29, 1.82) is 0 Å². The summed E-state index contributed by atoms with van der Waals surface area (Å²) in [7, 11) is -1.72. The molecule has 1 atom stereocenters. The minimum absolute atomic E-state index is 0.306. The predicted molar refractivity (Wildman–Crippen MR) is 92.3 cm³/mol. The summed E-state index contributed by atoms with van der Waals surface area (Å²) in [6.45, 7) is 1.59. The first-order valence-electron chi connectivity index (χ1n) is 7.60. The van der Waals surface area contributed by atoms with Crippen molar-refractivity contribution in [1.82, 2.24) is 24.2 Å². The van der Waals surface area contributed by atoms with Crippen LogP contribution in [0.25, 0.3) is 10.2 Å². The van der Waals surface area contributed by atoms with Crippen LogP contribution < -0.4 is 5.32 Å². The lowest BCUT2D eigenvalue weighted by Crippen LogP contribution is -2.49. The lowest BCUT2D eigenvalue weighted by Gasteiger charge is -2.34. The number of aryl methyl sites for hydroxylation is 1. The average Bonchev–Trinajstić information content (AvgIpc) is 3.22. The van der Waals surface area contributed by atoms with Crippen LogP contribution in [0.5, 0.6) is 0 Å². The fourth-order valence-electron chi connectivity index (χ4n) is 3.02. The molecule has 0 saturated carbocycles. The second-order valence-corrected chi connectivity index (χ2v) is 8.49. The van der Waals surface area contributed by atoms with Gasteiger partial charge in [0.2, 0.25) is 10.0 Å². The Morgan fingerprint density at radius 2 is 2.21 bits per heavy atom. The number of nitrogens with zero attached hydrogens (tertiary/aromatic N) is 4. The molecule has 3 aromatic rings. The van der Waals surface area contributed by atoms with Gasteiger partial charge in [0, 0.05) is 39.1 Å². The number of aromatic nitrogens is 3.